The van der Waals surface area contributed by atoms with Crippen molar-refractivity contribution in [3.8, 4) is 11.4 Å². The van der Waals surface area contributed by atoms with Crippen molar-refractivity contribution in [1.29, 1.82) is 0 Å². The number of para-hydroxylation sites is 2. The van der Waals surface area contributed by atoms with Crippen molar-refractivity contribution in [3.05, 3.63) is 81.2 Å². The van der Waals surface area contributed by atoms with Crippen LogP contribution in [0.5, 0.6) is 5.75 Å². The molecule has 0 unspecified atom stereocenters. The first-order valence-electron chi connectivity index (χ1n) is 9.78. The lowest BCUT2D eigenvalue weighted by molar-refractivity contribution is -0.133. The number of anilines is 1. The molecule has 0 atom stereocenters. The minimum Gasteiger partial charge on any atom is -0.482 e. The van der Waals surface area contributed by atoms with E-state index in [-0.39, 0.29) is 23.1 Å². The second-order valence-corrected chi connectivity index (χ2v) is 7.77. The number of piperazine rings is 1. The molecule has 3 aromatic rings. The van der Waals surface area contributed by atoms with Gasteiger partial charge < -0.3 is 14.5 Å². The largest absolute Gasteiger partial charge is 0.482 e. The molecule has 1 aromatic heterocycles. The molecule has 2 aromatic carbocycles. The third kappa shape index (κ3) is 4.68. The number of halogens is 2. The molecule has 4 rings (SSSR count). The highest BCUT2D eigenvalue weighted by molar-refractivity contribution is 6.33. The SMILES string of the molecule is O=C(COc1ccccc1Cl)N1CCN(c2cnn(-c3ccccc3)c(=O)c2Cl)CC1. The molecule has 1 aliphatic rings. The first-order chi connectivity index (χ1) is 15.0. The van der Waals surface area contributed by atoms with E-state index >= 15 is 0 Å². The van der Waals surface area contributed by atoms with Gasteiger partial charge in [-0.15, -0.1) is 0 Å². The molecule has 160 valence electrons. The average molecular weight is 459 g/mol. The van der Waals surface area contributed by atoms with Crippen LogP contribution in [0.1, 0.15) is 0 Å². The van der Waals surface area contributed by atoms with Gasteiger partial charge >= 0.3 is 0 Å². The van der Waals surface area contributed by atoms with E-state index in [4.69, 9.17) is 27.9 Å². The molecule has 0 spiro atoms. The van der Waals surface area contributed by atoms with Gasteiger partial charge in [-0.25, -0.2) is 0 Å². The highest BCUT2D eigenvalue weighted by atomic mass is 35.5. The monoisotopic (exact) mass is 458 g/mol. The van der Waals surface area contributed by atoms with Crippen LogP contribution in [-0.4, -0.2) is 53.4 Å². The van der Waals surface area contributed by atoms with Crippen LogP contribution in [-0.2, 0) is 4.79 Å². The Bertz CT molecular complexity index is 1130. The molecular formula is C22H20Cl2N4O3. The molecule has 0 radical (unpaired) electrons. The number of hydrogen-bond donors (Lipinski definition) is 0. The number of amides is 1. The number of carbonyl (C=O) groups is 1. The van der Waals surface area contributed by atoms with E-state index < -0.39 is 0 Å². The molecule has 1 aliphatic heterocycles. The standard InChI is InChI=1S/C22H20Cl2N4O3/c23-17-8-4-5-9-19(17)31-15-20(29)27-12-10-26(11-13-27)18-14-25-28(22(30)21(18)24)16-6-2-1-3-7-16/h1-9,14H,10-13,15H2. The molecule has 1 amide bonds. The first-order valence-corrected chi connectivity index (χ1v) is 10.5. The van der Waals surface area contributed by atoms with Gasteiger partial charge in [-0.3, -0.25) is 9.59 Å². The minimum absolute atomic E-state index is 0.0842. The summed E-state index contributed by atoms with van der Waals surface area (Å²) in [4.78, 5) is 28.9. The van der Waals surface area contributed by atoms with Crippen LogP contribution in [0.25, 0.3) is 5.69 Å². The summed E-state index contributed by atoms with van der Waals surface area (Å²) in [6.45, 7) is 1.97. The first kappa shape index (κ1) is 21.2. The van der Waals surface area contributed by atoms with Crippen molar-refractivity contribution in [2.75, 3.05) is 37.7 Å². The van der Waals surface area contributed by atoms with E-state index in [1.807, 2.05) is 23.1 Å². The summed E-state index contributed by atoms with van der Waals surface area (Å²) < 4.78 is 6.82. The zero-order valence-electron chi connectivity index (χ0n) is 16.6. The molecule has 31 heavy (non-hydrogen) atoms. The fourth-order valence-corrected chi connectivity index (χ4v) is 3.83. The zero-order chi connectivity index (χ0) is 21.8. The van der Waals surface area contributed by atoms with Crippen molar-refractivity contribution in [1.82, 2.24) is 14.7 Å². The highest BCUT2D eigenvalue weighted by Gasteiger charge is 2.24. The van der Waals surface area contributed by atoms with Crippen molar-refractivity contribution in [2.45, 2.75) is 0 Å². The Morgan fingerprint density at radius 2 is 1.65 bits per heavy atom. The van der Waals surface area contributed by atoms with Gasteiger partial charge in [-0.05, 0) is 24.3 Å². The van der Waals surface area contributed by atoms with Crippen LogP contribution >= 0.6 is 23.2 Å². The number of aromatic nitrogens is 2. The number of benzene rings is 2. The predicted octanol–water partition coefficient (Wildman–Crippen LogP) is 3.27. The fraction of sp³-hybridized carbons (Fsp3) is 0.227. The minimum atomic E-state index is -0.378. The Labute approximate surface area is 189 Å². The molecular weight excluding hydrogens is 439 g/mol. The smallest absolute Gasteiger partial charge is 0.292 e. The summed E-state index contributed by atoms with van der Waals surface area (Å²) in [5.41, 5.74) is 0.838. The second kappa shape index (κ2) is 9.41. The summed E-state index contributed by atoms with van der Waals surface area (Å²) in [5, 5.41) is 4.85. The normalized spacial score (nSPS) is 13.9. The van der Waals surface area contributed by atoms with E-state index in [0.717, 1.165) is 0 Å². The number of ether oxygens (including phenoxy) is 1. The maximum atomic E-state index is 12.7. The maximum Gasteiger partial charge on any atom is 0.292 e. The number of rotatable bonds is 5. The third-order valence-corrected chi connectivity index (χ3v) is 5.73. The van der Waals surface area contributed by atoms with Gasteiger partial charge in [0.25, 0.3) is 11.5 Å². The van der Waals surface area contributed by atoms with E-state index in [1.165, 1.54) is 4.68 Å². The summed E-state index contributed by atoms with van der Waals surface area (Å²) in [6.07, 6.45) is 1.59. The van der Waals surface area contributed by atoms with Crippen LogP contribution in [0.2, 0.25) is 10.0 Å². The zero-order valence-corrected chi connectivity index (χ0v) is 18.1. The number of hydrogen-bond acceptors (Lipinski definition) is 5. The van der Waals surface area contributed by atoms with Crippen molar-refractivity contribution >= 4 is 34.8 Å². The molecule has 0 bridgehead atoms. The molecule has 0 aliphatic carbocycles. The van der Waals surface area contributed by atoms with Gasteiger partial charge in [-0.1, -0.05) is 53.5 Å². The predicted molar refractivity (Wildman–Crippen MR) is 121 cm³/mol. The fourth-order valence-electron chi connectivity index (χ4n) is 3.39. The Hall–Kier alpha value is -3.03. The van der Waals surface area contributed by atoms with Crippen molar-refractivity contribution in [3.63, 3.8) is 0 Å². The van der Waals surface area contributed by atoms with Crippen LogP contribution in [0.15, 0.2) is 65.6 Å². The Balaban J connectivity index is 1.38. The molecule has 1 fully saturated rings. The van der Waals surface area contributed by atoms with Crippen molar-refractivity contribution in [2.24, 2.45) is 0 Å². The Morgan fingerprint density at radius 3 is 2.35 bits per heavy atom. The number of nitrogens with zero attached hydrogens (tertiary/aromatic N) is 4. The van der Waals surface area contributed by atoms with E-state index in [2.05, 4.69) is 5.10 Å². The van der Waals surface area contributed by atoms with Gasteiger partial charge in [0.15, 0.2) is 6.61 Å². The average Bonchev–Trinajstić information content (AvgIpc) is 2.81. The van der Waals surface area contributed by atoms with Crippen LogP contribution in [0.3, 0.4) is 0 Å². The quantitative estimate of drug-likeness (QED) is 0.586. The summed E-state index contributed by atoms with van der Waals surface area (Å²) >= 11 is 12.4. The molecule has 2 heterocycles. The highest BCUT2D eigenvalue weighted by Crippen LogP contribution is 2.24. The Kier molecular flexibility index (Phi) is 6.44. The summed E-state index contributed by atoms with van der Waals surface area (Å²) in [6, 6.07) is 16.1. The van der Waals surface area contributed by atoms with Gasteiger partial charge in [0.2, 0.25) is 0 Å². The molecule has 1 saturated heterocycles. The summed E-state index contributed by atoms with van der Waals surface area (Å²) in [5.74, 6) is 0.358. The van der Waals surface area contributed by atoms with Gasteiger partial charge in [0.05, 0.1) is 22.6 Å². The second-order valence-electron chi connectivity index (χ2n) is 6.98. The lowest BCUT2D eigenvalue weighted by Gasteiger charge is -2.36. The lowest BCUT2D eigenvalue weighted by Crippen LogP contribution is -2.50. The van der Waals surface area contributed by atoms with Crippen LogP contribution < -0.4 is 15.2 Å². The van der Waals surface area contributed by atoms with Crippen LogP contribution in [0, 0.1) is 0 Å². The summed E-state index contributed by atoms with van der Waals surface area (Å²) in [7, 11) is 0. The molecule has 7 nitrogen and oxygen atoms in total. The topological polar surface area (TPSA) is 67.7 Å². The van der Waals surface area contributed by atoms with Gasteiger partial charge in [0.1, 0.15) is 10.8 Å². The van der Waals surface area contributed by atoms with Gasteiger partial charge in [-0.2, -0.15) is 9.78 Å². The molecule has 0 N–H and O–H groups in total. The number of carbonyl (C=O) groups excluding carboxylic acids is 1. The maximum absolute atomic E-state index is 12.7. The van der Waals surface area contributed by atoms with Crippen LogP contribution in [0.4, 0.5) is 5.69 Å². The van der Waals surface area contributed by atoms with Crippen molar-refractivity contribution < 1.29 is 9.53 Å². The lowest BCUT2D eigenvalue weighted by atomic mass is 10.2. The third-order valence-electron chi connectivity index (χ3n) is 5.06. The molecule has 9 heteroatoms. The van der Waals surface area contributed by atoms with E-state index in [9.17, 15) is 9.59 Å². The Morgan fingerprint density at radius 1 is 0.968 bits per heavy atom. The van der Waals surface area contributed by atoms with E-state index in [0.29, 0.717) is 48.3 Å². The molecule has 0 saturated carbocycles. The van der Waals surface area contributed by atoms with Gasteiger partial charge in [0, 0.05) is 26.2 Å². The van der Waals surface area contributed by atoms with E-state index in [1.54, 1.807) is 47.5 Å².